The Bertz CT molecular complexity index is 281. The summed E-state index contributed by atoms with van der Waals surface area (Å²) in [5.41, 5.74) is 0.375. The van der Waals surface area contributed by atoms with E-state index in [9.17, 15) is 4.79 Å². The van der Waals surface area contributed by atoms with Crippen molar-refractivity contribution in [3.8, 4) is 0 Å². The molecule has 0 saturated heterocycles. The third-order valence-electron chi connectivity index (χ3n) is 4.33. The number of hydrogen-bond acceptors (Lipinski definition) is 2. The van der Waals surface area contributed by atoms with Crippen molar-refractivity contribution < 1.29 is 4.79 Å². The SMILES string of the molecule is CCCN(CC1CC(C)(C)CCC1=O)C1CC1. The van der Waals surface area contributed by atoms with Gasteiger partial charge in [-0.2, -0.15) is 0 Å². The lowest BCUT2D eigenvalue weighted by molar-refractivity contribution is -0.127. The summed E-state index contributed by atoms with van der Waals surface area (Å²) in [7, 11) is 0. The van der Waals surface area contributed by atoms with Gasteiger partial charge in [-0.1, -0.05) is 20.8 Å². The van der Waals surface area contributed by atoms with Crippen molar-refractivity contribution in [2.45, 2.75) is 65.3 Å². The van der Waals surface area contributed by atoms with E-state index in [2.05, 4.69) is 25.7 Å². The predicted molar refractivity (Wildman–Crippen MR) is 71.0 cm³/mol. The molecule has 17 heavy (non-hydrogen) atoms. The molecule has 0 bridgehead atoms. The Morgan fingerprint density at radius 1 is 1.35 bits per heavy atom. The Kier molecular flexibility index (Phi) is 3.92. The van der Waals surface area contributed by atoms with Crippen molar-refractivity contribution in [2.24, 2.45) is 11.3 Å². The minimum Gasteiger partial charge on any atom is -0.300 e. The summed E-state index contributed by atoms with van der Waals surface area (Å²) < 4.78 is 0. The third kappa shape index (κ3) is 3.54. The number of carbonyl (C=O) groups excluding carboxylic acids is 1. The molecule has 2 aliphatic rings. The summed E-state index contributed by atoms with van der Waals surface area (Å²) in [4.78, 5) is 14.6. The zero-order chi connectivity index (χ0) is 12.5. The highest BCUT2D eigenvalue weighted by molar-refractivity contribution is 5.82. The summed E-state index contributed by atoms with van der Waals surface area (Å²) in [6, 6.07) is 0.799. The molecule has 0 aromatic rings. The summed E-state index contributed by atoms with van der Waals surface area (Å²) in [5, 5.41) is 0. The van der Waals surface area contributed by atoms with Crippen molar-refractivity contribution in [3.05, 3.63) is 0 Å². The summed E-state index contributed by atoms with van der Waals surface area (Å²) in [5.74, 6) is 0.831. The van der Waals surface area contributed by atoms with E-state index in [1.165, 1.54) is 25.8 Å². The fraction of sp³-hybridized carbons (Fsp3) is 0.933. The zero-order valence-corrected chi connectivity index (χ0v) is 11.7. The molecule has 0 radical (unpaired) electrons. The first-order valence-corrected chi connectivity index (χ1v) is 7.28. The van der Waals surface area contributed by atoms with Gasteiger partial charge in [-0.25, -0.2) is 0 Å². The zero-order valence-electron chi connectivity index (χ0n) is 11.7. The van der Waals surface area contributed by atoms with Crippen LogP contribution in [0.25, 0.3) is 0 Å². The van der Waals surface area contributed by atoms with Gasteiger partial charge >= 0.3 is 0 Å². The van der Waals surface area contributed by atoms with Gasteiger partial charge in [-0.15, -0.1) is 0 Å². The summed E-state index contributed by atoms with van der Waals surface area (Å²) in [6.45, 7) is 9.07. The molecule has 2 aliphatic carbocycles. The number of rotatable bonds is 5. The molecular weight excluding hydrogens is 210 g/mol. The molecular formula is C15H27NO. The fourth-order valence-corrected chi connectivity index (χ4v) is 3.15. The molecule has 1 unspecified atom stereocenters. The molecule has 0 spiro atoms. The normalized spacial score (nSPS) is 28.7. The lowest BCUT2D eigenvalue weighted by atomic mass is 9.71. The monoisotopic (exact) mass is 237 g/mol. The second kappa shape index (κ2) is 5.09. The highest BCUT2D eigenvalue weighted by Gasteiger charge is 2.37. The quantitative estimate of drug-likeness (QED) is 0.731. The molecule has 2 nitrogen and oxygen atoms in total. The maximum absolute atomic E-state index is 12.0. The van der Waals surface area contributed by atoms with Gasteiger partial charge in [0.2, 0.25) is 0 Å². The Morgan fingerprint density at radius 3 is 2.65 bits per heavy atom. The largest absolute Gasteiger partial charge is 0.300 e. The maximum atomic E-state index is 12.0. The van der Waals surface area contributed by atoms with Crippen LogP contribution < -0.4 is 0 Å². The molecule has 1 atom stereocenters. The van der Waals surface area contributed by atoms with E-state index >= 15 is 0 Å². The molecule has 0 heterocycles. The highest BCUT2D eigenvalue weighted by atomic mass is 16.1. The second-order valence-corrected chi connectivity index (χ2v) is 6.76. The van der Waals surface area contributed by atoms with E-state index in [1.807, 2.05) is 0 Å². The standard InChI is InChI=1S/C15H27NO/c1-4-9-16(13-5-6-13)11-12-10-15(2,3)8-7-14(12)17/h12-13H,4-11H2,1-3H3. The minimum absolute atomic E-state index is 0.311. The van der Waals surface area contributed by atoms with Crippen LogP contribution in [0.15, 0.2) is 0 Å². The lowest BCUT2D eigenvalue weighted by Crippen LogP contribution is -2.40. The van der Waals surface area contributed by atoms with Crippen LogP contribution in [-0.4, -0.2) is 29.8 Å². The van der Waals surface area contributed by atoms with Crippen LogP contribution in [0, 0.1) is 11.3 Å². The van der Waals surface area contributed by atoms with E-state index in [0.29, 0.717) is 17.1 Å². The molecule has 2 heteroatoms. The molecule has 98 valence electrons. The number of ketones is 1. The molecule has 0 aliphatic heterocycles. The Labute approximate surface area is 106 Å². The summed E-state index contributed by atoms with van der Waals surface area (Å²) in [6.07, 6.45) is 6.90. The predicted octanol–water partition coefficient (Wildman–Crippen LogP) is 3.26. The third-order valence-corrected chi connectivity index (χ3v) is 4.33. The van der Waals surface area contributed by atoms with Crippen LogP contribution >= 0.6 is 0 Å². The summed E-state index contributed by atoms with van der Waals surface area (Å²) >= 11 is 0. The highest BCUT2D eigenvalue weighted by Crippen LogP contribution is 2.38. The van der Waals surface area contributed by atoms with Crippen LogP contribution in [0.1, 0.15) is 59.3 Å². The van der Waals surface area contributed by atoms with Crippen molar-refractivity contribution in [2.75, 3.05) is 13.1 Å². The van der Waals surface area contributed by atoms with Crippen molar-refractivity contribution in [1.82, 2.24) is 4.90 Å². The van der Waals surface area contributed by atoms with Crippen LogP contribution in [0.2, 0.25) is 0 Å². The van der Waals surface area contributed by atoms with Gasteiger partial charge in [-0.05, 0) is 44.1 Å². The average Bonchev–Trinajstić information content (AvgIpc) is 3.06. The van der Waals surface area contributed by atoms with E-state index in [1.54, 1.807) is 0 Å². The lowest BCUT2D eigenvalue weighted by Gasteiger charge is -2.36. The minimum atomic E-state index is 0.311. The molecule has 0 aromatic heterocycles. The van der Waals surface area contributed by atoms with Gasteiger partial charge < -0.3 is 0 Å². The molecule has 0 amide bonds. The average molecular weight is 237 g/mol. The Balaban J connectivity index is 1.92. The molecule has 0 aromatic carbocycles. The van der Waals surface area contributed by atoms with E-state index in [-0.39, 0.29) is 0 Å². The van der Waals surface area contributed by atoms with Gasteiger partial charge in [0.15, 0.2) is 0 Å². The van der Waals surface area contributed by atoms with Gasteiger partial charge in [0.1, 0.15) is 5.78 Å². The number of Topliss-reactive ketones (excluding diaryl/α,β-unsaturated/α-hetero) is 1. The number of carbonyl (C=O) groups is 1. The topological polar surface area (TPSA) is 20.3 Å². The van der Waals surface area contributed by atoms with Gasteiger partial charge in [0.25, 0.3) is 0 Å². The number of hydrogen-bond donors (Lipinski definition) is 0. The maximum Gasteiger partial charge on any atom is 0.137 e. The van der Waals surface area contributed by atoms with E-state index in [4.69, 9.17) is 0 Å². The van der Waals surface area contributed by atoms with Crippen molar-refractivity contribution in [1.29, 1.82) is 0 Å². The van der Waals surface area contributed by atoms with Crippen molar-refractivity contribution >= 4 is 5.78 Å². The van der Waals surface area contributed by atoms with Crippen LogP contribution in [0.4, 0.5) is 0 Å². The first-order chi connectivity index (χ1) is 8.02. The molecule has 2 fully saturated rings. The van der Waals surface area contributed by atoms with Crippen LogP contribution in [0.5, 0.6) is 0 Å². The first kappa shape index (κ1) is 13.1. The van der Waals surface area contributed by atoms with Gasteiger partial charge in [0, 0.05) is 24.9 Å². The van der Waals surface area contributed by atoms with Crippen molar-refractivity contribution in [3.63, 3.8) is 0 Å². The smallest absolute Gasteiger partial charge is 0.137 e. The van der Waals surface area contributed by atoms with E-state index < -0.39 is 0 Å². The molecule has 2 saturated carbocycles. The Morgan fingerprint density at radius 2 is 2.06 bits per heavy atom. The van der Waals surface area contributed by atoms with Gasteiger partial charge in [-0.3, -0.25) is 9.69 Å². The first-order valence-electron chi connectivity index (χ1n) is 7.28. The molecule has 0 N–H and O–H groups in total. The molecule has 2 rings (SSSR count). The van der Waals surface area contributed by atoms with Crippen LogP contribution in [-0.2, 0) is 4.79 Å². The second-order valence-electron chi connectivity index (χ2n) is 6.76. The number of nitrogens with zero attached hydrogens (tertiary/aromatic N) is 1. The Hall–Kier alpha value is -0.370. The van der Waals surface area contributed by atoms with Crippen LogP contribution in [0.3, 0.4) is 0 Å². The van der Waals surface area contributed by atoms with Gasteiger partial charge in [0.05, 0.1) is 0 Å². The van der Waals surface area contributed by atoms with E-state index in [0.717, 1.165) is 31.8 Å². The fourth-order valence-electron chi connectivity index (χ4n) is 3.15.